The second-order valence-corrected chi connectivity index (χ2v) is 6.21. The van der Waals surface area contributed by atoms with Crippen molar-refractivity contribution in [2.24, 2.45) is 0 Å². The quantitative estimate of drug-likeness (QED) is 0.199. The fourth-order valence-corrected chi connectivity index (χ4v) is 2.55. The predicted octanol–water partition coefficient (Wildman–Crippen LogP) is 4.95. The SMILES string of the molecule is C=CC(=O)OCCCCCCCCCCCONCc1ccccc1. The maximum Gasteiger partial charge on any atom is 0.330 e. The molecular weight excluding hydrogens is 314 g/mol. The Hall–Kier alpha value is -1.65. The molecule has 0 fully saturated rings. The van der Waals surface area contributed by atoms with Crippen molar-refractivity contribution in [3.05, 3.63) is 48.6 Å². The van der Waals surface area contributed by atoms with Gasteiger partial charge in [0, 0.05) is 12.6 Å². The minimum atomic E-state index is -0.320. The number of esters is 1. The number of ether oxygens (including phenoxy) is 1. The highest BCUT2D eigenvalue weighted by Gasteiger charge is 1.96. The summed E-state index contributed by atoms with van der Waals surface area (Å²) in [6.07, 6.45) is 12.0. The van der Waals surface area contributed by atoms with Crippen molar-refractivity contribution in [1.29, 1.82) is 0 Å². The molecule has 1 aromatic carbocycles. The maximum atomic E-state index is 10.8. The van der Waals surface area contributed by atoms with Crippen LogP contribution in [-0.2, 0) is 20.9 Å². The van der Waals surface area contributed by atoms with Crippen LogP contribution in [0.5, 0.6) is 0 Å². The summed E-state index contributed by atoms with van der Waals surface area (Å²) in [4.78, 5) is 16.3. The summed E-state index contributed by atoms with van der Waals surface area (Å²) in [5.41, 5.74) is 4.25. The van der Waals surface area contributed by atoms with Gasteiger partial charge in [0.05, 0.1) is 13.2 Å². The number of hydrogen-bond acceptors (Lipinski definition) is 4. The number of hydroxylamine groups is 1. The van der Waals surface area contributed by atoms with E-state index in [-0.39, 0.29) is 5.97 Å². The molecule has 0 aromatic heterocycles. The number of carbonyl (C=O) groups excluding carboxylic acids is 1. The molecule has 0 amide bonds. The molecule has 1 N–H and O–H groups in total. The van der Waals surface area contributed by atoms with Crippen molar-refractivity contribution >= 4 is 5.97 Å². The number of hydrogen-bond donors (Lipinski definition) is 1. The van der Waals surface area contributed by atoms with Crippen molar-refractivity contribution < 1.29 is 14.4 Å². The summed E-state index contributed by atoms with van der Waals surface area (Å²) in [5, 5.41) is 0. The molecule has 0 heterocycles. The highest BCUT2D eigenvalue weighted by Crippen LogP contribution is 2.10. The first-order chi connectivity index (χ1) is 12.3. The molecule has 0 aliphatic heterocycles. The Balaban J connectivity index is 1.73. The molecule has 4 nitrogen and oxygen atoms in total. The lowest BCUT2D eigenvalue weighted by Gasteiger charge is -2.06. The summed E-state index contributed by atoms with van der Waals surface area (Å²) in [7, 11) is 0. The largest absolute Gasteiger partial charge is 0.463 e. The second kappa shape index (κ2) is 15.9. The van der Waals surface area contributed by atoms with E-state index in [1.54, 1.807) is 0 Å². The van der Waals surface area contributed by atoms with Crippen molar-refractivity contribution in [2.45, 2.75) is 64.3 Å². The van der Waals surface area contributed by atoms with Crippen LogP contribution in [0, 0.1) is 0 Å². The zero-order chi connectivity index (χ0) is 18.0. The maximum absolute atomic E-state index is 10.8. The smallest absolute Gasteiger partial charge is 0.330 e. The summed E-state index contributed by atoms with van der Waals surface area (Å²) in [5.74, 6) is -0.320. The van der Waals surface area contributed by atoms with Crippen LogP contribution in [0.25, 0.3) is 0 Å². The van der Waals surface area contributed by atoms with Gasteiger partial charge in [0.2, 0.25) is 0 Å². The van der Waals surface area contributed by atoms with Gasteiger partial charge in [0.15, 0.2) is 0 Å². The molecule has 140 valence electrons. The van der Waals surface area contributed by atoms with Gasteiger partial charge in [-0.05, 0) is 18.4 Å². The topological polar surface area (TPSA) is 47.6 Å². The van der Waals surface area contributed by atoms with E-state index in [2.05, 4.69) is 24.2 Å². The zero-order valence-electron chi connectivity index (χ0n) is 15.4. The van der Waals surface area contributed by atoms with Crippen LogP contribution < -0.4 is 5.48 Å². The first-order valence-corrected chi connectivity index (χ1v) is 9.50. The lowest BCUT2D eigenvalue weighted by molar-refractivity contribution is -0.137. The monoisotopic (exact) mass is 347 g/mol. The van der Waals surface area contributed by atoms with E-state index >= 15 is 0 Å². The Morgan fingerprint density at radius 2 is 1.44 bits per heavy atom. The van der Waals surface area contributed by atoms with Gasteiger partial charge < -0.3 is 9.57 Å². The van der Waals surface area contributed by atoms with Crippen LogP contribution in [0.2, 0.25) is 0 Å². The van der Waals surface area contributed by atoms with Crippen molar-refractivity contribution in [1.82, 2.24) is 5.48 Å². The molecule has 0 bridgehead atoms. The lowest BCUT2D eigenvalue weighted by Crippen LogP contribution is -2.14. The first kappa shape index (κ1) is 21.4. The fraction of sp³-hybridized carbons (Fsp3) is 0.571. The Morgan fingerprint density at radius 1 is 0.880 bits per heavy atom. The minimum absolute atomic E-state index is 0.320. The van der Waals surface area contributed by atoms with E-state index in [9.17, 15) is 4.79 Å². The van der Waals surface area contributed by atoms with Gasteiger partial charge in [-0.25, -0.2) is 4.79 Å². The van der Waals surface area contributed by atoms with Crippen LogP contribution in [0.15, 0.2) is 43.0 Å². The molecular formula is C21H33NO3. The van der Waals surface area contributed by atoms with E-state index in [0.717, 1.165) is 32.4 Å². The van der Waals surface area contributed by atoms with Crippen molar-refractivity contribution in [3.63, 3.8) is 0 Å². The standard InChI is InChI=1S/C21H33NO3/c1-2-21(23)24-17-13-8-6-4-3-5-7-9-14-18-25-22-19-20-15-11-10-12-16-20/h2,10-12,15-16,22H,1,3-9,13-14,17-19H2. The van der Waals surface area contributed by atoms with Crippen LogP contribution in [0.3, 0.4) is 0 Å². The van der Waals surface area contributed by atoms with Gasteiger partial charge in [0.25, 0.3) is 0 Å². The first-order valence-electron chi connectivity index (χ1n) is 9.50. The van der Waals surface area contributed by atoms with Crippen molar-refractivity contribution in [2.75, 3.05) is 13.2 Å². The number of carbonyl (C=O) groups is 1. The number of unbranched alkanes of at least 4 members (excludes halogenated alkanes) is 8. The van der Waals surface area contributed by atoms with Gasteiger partial charge in [-0.3, -0.25) is 0 Å². The average Bonchev–Trinajstić information content (AvgIpc) is 2.65. The predicted molar refractivity (Wildman–Crippen MR) is 102 cm³/mol. The number of nitrogens with one attached hydrogen (secondary N) is 1. The highest BCUT2D eigenvalue weighted by atomic mass is 16.6. The third-order valence-electron chi connectivity index (χ3n) is 4.02. The number of benzene rings is 1. The van der Waals surface area contributed by atoms with Crippen LogP contribution in [0.4, 0.5) is 0 Å². The number of rotatable bonds is 16. The average molecular weight is 347 g/mol. The second-order valence-electron chi connectivity index (χ2n) is 6.21. The summed E-state index contributed by atoms with van der Waals surface area (Å²) in [6, 6.07) is 10.3. The Kier molecular flexibility index (Phi) is 13.6. The zero-order valence-corrected chi connectivity index (χ0v) is 15.4. The van der Waals surface area contributed by atoms with E-state index in [4.69, 9.17) is 9.57 Å². The fourth-order valence-electron chi connectivity index (χ4n) is 2.55. The van der Waals surface area contributed by atoms with E-state index in [0.29, 0.717) is 6.61 Å². The lowest BCUT2D eigenvalue weighted by atomic mass is 10.1. The van der Waals surface area contributed by atoms with Gasteiger partial charge in [-0.1, -0.05) is 81.9 Å². The Labute approximate surface area is 152 Å². The molecule has 4 heteroatoms. The molecule has 0 saturated heterocycles. The Bertz CT molecular complexity index is 448. The minimum Gasteiger partial charge on any atom is -0.463 e. The van der Waals surface area contributed by atoms with E-state index in [1.165, 1.54) is 50.2 Å². The summed E-state index contributed by atoms with van der Waals surface area (Å²) < 4.78 is 4.94. The third kappa shape index (κ3) is 13.3. The molecule has 0 saturated carbocycles. The molecule has 0 aliphatic carbocycles. The molecule has 0 aliphatic rings. The molecule has 1 rings (SSSR count). The summed E-state index contributed by atoms with van der Waals surface area (Å²) in [6.45, 7) is 5.42. The van der Waals surface area contributed by atoms with Crippen molar-refractivity contribution in [3.8, 4) is 0 Å². The van der Waals surface area contributed by atoms with E-state index < -0.39 is 0 Å². The highest BCUT2D eigenvalue weighted by molar-refractivity contribution is 5.81. The van der Waals surface area contributed by atoms with Gasteiger partial charge >= 0.3 is 5.97 Å². The normalized spacial score (nSPS) is 10.6. The van der Waals surface area contributed by atoms with Crippen LogP contribution >= 0.6 is 0 Å². The molecule has 0 unspecified atom stereocenters. The van der Waals surface area contributed by atoms with E-state index in [1.807, 2.05) is 18.2 Å². The van der Waals surface area contributed by atoms with Gasteiger partial charge in [-0.2, -0.15) is 5.48 Å². The summed E-state index contributed by atoms with van der Waals surface area (Å²) >= 11 is 0. The molecule has 1 aromatic rings. The molecule has 0 radical (unpaired) electrons. The molecule has 25 heavy (non-hydrogen) atoms. The third-order valence-corrected chi connectivity index (χ3v) is 4.02. The van der Waals surface area contributed by atoms with Gasteiger partial charge in [-0.15, -0.1) is 0 Å². The van der Waals surface area contributed by atoms with Gasteiger partial charge in [0.1, 0.15) is 0 Å². The molecule has 0 atom stereocenters. The van der Waals surface area contributed by atoms with Crippen LogP contribution in [-0.4, -0.2) is 19.2 Å². The molecule has 0 spiro atoms. The van der Waals surface area contributed by atoms with Crippen LogP contribution in [0.1, 0.15) is 63.4 Å². The Morgan fingerprint density at radius 3 is 2.04 bits per heavy atom.